The number of aliphatic hydroxyl groups is 1. The molecule has 140 valence electrons. The van der Waals surface area contributed by atoms with Crippen LogP contribution in [0, 0.1) is 5.92 Å². The minimum absolute atomic E-state index is 0.101. The normalized spacial score (nSPS) is 34.2. The van der Waals surface area contributed by atoms with E-state index in [4.69, 9.17) is 0 Å². The summed E-state index contributed by atoms with van der Waals surface area (Å²) in [6, 6.07) is -0.407. The number of likely N-dealkylation sites (tertiary alicyclic amines) is 1. The van der Waals surface area contributed by atoms with Gasteiger partial charge in [-0.15, -0.1) is 0 Å². The van der Waals surface area contributed by atoms with Crippen molar-refractivity contribution in [1.29, 1.82) is 0 Å². The minimum Gasteiger partial charge on any atom is -0.387 e. The van der Waals surface area contributed by atoms with Crippen LogP contribution in [0.5, 0.6) is 0 Å². The second-order valence-electron chi connectivity index (χ2n) is 7.30. The average molecular weight is 369 g/mol. The van der Waals surface area contributed by atoms with E-state index in [1.54, 1.807) is 25.7 Å². The van der Waals surface area contributed by atoms with Crippen LogP contribution in [0.2, 0.25) is 0 Å². The number of aliphatic imine (C=N–C) groups is 1. The number of urea groups is 1. The molecule has 2 atom stereocenters. The van der Waals surface area contributed by atoms with E-state index in [2.05, 4.69) is 25.8 Å². The number of carbonyl (C=O) groups is 2. The van der Waals surface area contributed by atoms with Crippen molar-refractivity contribution in [2.24, 2.45) is 10.9 Å². The molecule has 4 N–H and O–H groups in total. The molecule has 0 aromatic carbocycles. The number of rotatable bonds is 3. The Kier molecular flexibility index (Phi) is 5.15. The van der Waals surface area contributed by atoms with E-state index >= 15 is 0 Å². The first-order valence-electron chi connectivity index (χ1n) is 8.76. The zero-order valence-corrected chi connectivity index (χ0v) is 15.6. The van der Waals surface area contributed by atoms with Gasteiger partial charge < -0.3 is 20.6 Å². The van der Waals surface area contributed by atoms with Gasteiger partial charge in [-0.1, -0.05) is 0 Å². The van der Waals surface area contributed by atoms with Gasteiger partial charge in [-0.3, -0.25) is 15.1 Å². The van der Waals surface area contributed by atoms with Crippen molar-refractivity contribution in [2.45, 2.75) is 37.3 Å². The Morgan fingerprint density at radius 3 is 2.68 bits per heavy atom. The molecule has 0 aliphatic carbocycles. The Hall–Kier alpha value is -1.48. The summed E-state index contributed by atoms with van der Waals surface area (Å²) < 4.78 is 0. The molecule has 3 amide bonds. The topological polar surface area (TPSA) is 106 Å². The summed E-state index contributed by atoms with van der Waals surface area (Å²) in [6.07, 6.45) is 2.40. The summed E-state index contributed by atoms with van der Waals surface area (Å²) in [5, 5.41) is 18.9. The summed E-state index contributed by atoms with van der Waals surface area (Å²) in [5.74, 6) is 2.40. The van der Waals surface area contributed by atoms with E-state index in [-0.39, 0.29) is 11.8 Å². The molecule has 3 aliphatic rings. The standard InChI is InChI=1S/C16H27N5O3S/c1-15(12(22)19-14(23)20-15)11-3-6-21(7-4-11)13(17-2)18-9-16(24)5-8-25-10-16/h11,24H,3-10H2,1-2H3,(H,17,18)(H2,19,20,22,23). The zero-order valence-electron chi connectivity index (χ0n) is 14.8. The van der Waals surface area contributed by atoms with Crippen LogP contribution in [0.1, 0.15) is 26.2 Å². The molecular formula is C16H27N5O3S. The highest BCUT2D eigenvalue weighted by molar-refractivity contribution is 7.99. The average Bonchev–Trinajstić information content (AvgIpc) is 3.13. The van der Waals surface area contributed by atoms with Crippen molar-refractivity contribution in [2.75, 3.05) is 38.2 Å². The lowest BCUT2D eigenvalue weighted by Crippen LogP contribution is -2.56. The number of nitrogens with zero attached hydrogens (tertiary/aromatic N) is 2. The Bertz CT molecular complexity index is 570. The van der Waals surface area contributed by atoms with Crippen molar-refractivity contribution in [3.8, 4) is 0 Å². The highest BCUT2D eigenvalue weighted by Gasteiger charge is 2.48. The van der Waals surface area contributed by atoms with Crippen LogP contribution in [-0.2, 0) is 4.79 Å². The summed E-state index contributed by atoms with van der Waals surface area (Å²) >= 11 is 1.77. The minimum atomic E-state index is -0.823. The van der Waals surface area contributed by atoms with Crippen LogP contribution in [-0.4, -0.2) is 77.2 Å². The van der Waals surface area contributed by atoms with Gasteiger partial charge in [0.15, 0.2) is 5.96 Å². The predicted molar refractivity (Wildman–Crippen MR) is 97.6 cm³/mol. The van der Waals surface area contributed by atoms with Crippen LogP contribution in [0.4, 0.5) is 4.79 Å². The molecular weight excluding hydrogens is 342 g/mol. The van der Waals surface area contributed by atoms with E-state index in [0.717, 1.165) is 49.8 Å². The first kappa shape index (κ1) is 18.3. The second-order valence-corrected chi connectivity index (χ2v) is 8.40. The van der Waals surface area contributed by atoms with Crippen molar-refractivity contribution < 1.29 is 14.7 Å². The van der Waals surface area contributed by atoms with Crippen LogP contribution in [0.15, 0.2) is 4.99 Å². The van der Waals surface area contributed by atoms with Crippen LogP contribution >= 0.6 is 11.8 Å². The lowest BCUT2D eigenvalue weighted by atomic mass is 9.79. The molecule has 3 heterocycles. The number of guanidine groups is 1. The van der Waals surface area contributed by atoms with Gasteiger partial charge in [0, 0.05) is 32.4 Å². The first-order chi connectivity index (χ1) is 11.9. The van der Waals surface area contributed by atoms with Gasteiger partial charge in [-0.2, -0.15) is 11.8 Å². The molecule has 9 heteroatoms. The second kappa shape index (κ2) is 7.03. The Morgan fingerprint density at radius 1 is 1.44 bits per heavy atom. The van der Waals surface area contributed by atoms with Crippen LogP contribution in [0.25, 0.3) is 0 Å². The number of nitrogens with one attached hydrogen (secondary N) is 3. The maximum Gasteiger partial charge on any atom is 0.322 e. The van der Waals surface area contributed by atoms with E-state index in [9.17, 15) is 14.7 Å². The fraction of sp³-hybridized carbons (Fsp3) is 0.812. The Morgan fingerprint density at radius 2 is 2.16 bits per heavy atom. The van der Waals surface area contributed by atoms with Crippen molar-refractivity contribution in [3.63, 3.8) is 0 Å². The lowest BCUT2D eigenvalue weighted by molar-refractivity contribution is -0.125. The largest absolute Gasteiger partial charge is 0.387 e. The molecule has 3 aliphatic heterocycles. The zero-order chi connectivity index (χ0) is 18.1. The number of hydrogen-bond donors (Lipinski definition) is 4. The highest BCUT2D eigenvalue weighted by Crippen LogP contribution is 2.31. The molecule has 0 spiro atoms. The molecule has 25 heavy (non-hydrogen) atoms. The van der Waals surface area contributed by atoms with E-state index in [0.29, 0.717) is 6.54 Å². The van der Waals surface area contributed by atoms with Crippen molar-refractivity contribution in [1.82, 2.24) is 20.9 Å². The van der Waals surface area contributed by atoms with Crippen molar-refractivity contribution >= 4 is 29.7 Å². The molecule has 3 rings (SSSR count). The summed E-state index contributed by atoms with van der Waals surface area (Å²) in [6.45, 7) is 3.82. The molecule has 3 saturated heterocycles. The lowest BCUT2D eigenvalue weighted by Gasteiger charge is -2.40. The molecule has 2 unspecified atom stereocenters. The predicted octanol–water partition coefficient (Wildman–Crippen LogP) is -0.260. The number of piperidine rings is 1. The number of imide groups is 1. The van der Waals surface area contributed by atoms with Gasteiger partial charge in [0.2, 0.25) is 0 Å². The van der Waals surface area contributed by atoms with Crippen LogP contribution < -0.4 is 16.0 Å². The molecule has 0 aromatic rings. The molecule has 0 aromatic heterocycles. The van der Waals surface area contributed by atoms with Crippen molar-refractivity contribution in [3.05, 3.63) is 0 Å². The third-order valence-electron chi connectivity index (χ3n) is 5.55. The molecule has 0 bridgehead atoms. The highest BCUT2D eigenvalue weighted by atomic mass is 32.2. The SMILES string of the molecule is CN=C(NCC1(O)CCSC1)N1CCC(C2(C)NC(=O)NC2=O)CC1. The monoisotopic (exact) mass is 369 g/mol. The van der Waals surface area contributed by atoms with Gasteiger partial charge in [0.1, 0.15) is 5.54 Å². The number of amides is 3. The number of hydrogen-bond acceptors (Lipinski definition) is 5. The van der Waals surface area contributed by atoms with E-state index in [1.807, 2.05) is 0 Å². The van der Waals surface area contributed by atoms with Gasteiger partial charge in [-0.25, -0.2) is 4.79 Å². The molecule has 8 nitrogen and oxygen atoms in total. The van der Waals surface area contributed by atoms with E-state index < -0.39 is 17.2 Å². The number of thioether (sulfide) groups is 1. The van der Waals surface area contributed by atoms with Gasteiger partial charge in [0.05, 0.1) is 5.60 Å². The maximum atomic E-state index is 12.1. The van der Waals surface area contributed by atoms with Gasteiger partial charge in [0.25, 0.3) is 5.91 Å². The van der Waals surface area contributed by atoms with E-state index in [1.165, 1.54) is 0 Å². The fourth-order valence-corrected chi connectivity index (χ4v) is 5.12. The molecule has 0 saturated carbocycles. The molecule has 0 radical (unpaired) electrons. The third-order valence-corrected chi connectivity index (χ3v) is 6.79. The van der Waals surface area contributed by atoms with Gasteiger partial charge in [-0.05, 0) is 37.9 Å². The smallest absolute Gasteiger partial charge is 0.322 e. The molecule has 3 fully saturated rings. The maximum absolute atomic E-state index is 12.1. The summed E-state index contributed by atoms with van der Waals surface area (Å²) in [7, 11) is 1.74. The number of carbonyl (C=O) groups excluding carboxylic acids is 2. The summed E-state index contributed by atoms with van der Waals surface area (Å²) in [5.41, 5.74) is -1.48. The third kappa shape index (κ3) is 3.72. The Labute approximate surface area is 152 Å². The fourth-order valence-electron chi connectivity index (χ4n) is 3.82. The van der Waals surface area contributed by atoms with Gasteiger partial charge >= 0.3 is 6.03 Å². The summed E-state index contributed by atoms with van der Waals surface area (Å²) in [4.78, 5) is 30.0. The van der Waals surface area contributed by atoms with Crippen LogP contribution in [0.3, 0.4) is 0 Å². The quantitative estimate of drug-likeness (QED) is 0.310. The Balaban J connectivity index is 1.54. The first-order valence-corrected chi connectivity index (χ1v) is 9.91.